The zero-order valence-corrected chi connectivity index (χ0v) is 16.0. The van der Waals surface area contributed by atoms with Gasteiger partial charge in [-0.2, -0.15) is 4.99 Å². The predicted molar refractivity (Wildman–Crippen MR) is 113 cm³/mol. The van der Waals surface area contributed by atoms with Gasteiger partial charge in [0, 0.05) is 6.54 Å². The van der Waals surface area contributed by atoms with Crippen molar-refractivity contribution in [3.05, 3.63) is 89.2 Å². The predicted octanol–water partition coefficient (Wildman–Crippen LogP) is 5.02. The molecule has 4 heteroatoms. The Morgan fingerprint density at radius 3 is 2.81 bits per heavy atom. The highest BCUT2D eigenvalue weighted by atomic mass is 32.1. The third kappa shape index (κ3) is 3.49. The highest BCUT2D eigenvalue weighted by Gasteiger charge is 2.09. The van der Waals surface area contributed by atoms with E-state index in [9.17, 15) is 4.79 Å². The molecule has 0 aliphatic carbocycles. The van der Waals surface area contributed by atoms with Gasteiger partial charge in [0.1, 0.15) is 0 Å². The van der Waals surface area contributed by atoms with Crippen LogP contribution in [0.1, 0.15) is 11.1 Å². The monoisotopic (exact) mass is 372 g/mol. The van der Waals surface area contributed by atoms with E-state index in [0.717, 1.165) is 31.4 Å². The van der Waals surface area contributed by atoms with Gasteiger partial charge in [-0.25, -0.2) is 0 Å². The molecular formula is C23H20N2OS. The van der Waals surface area contributed by atoms with E-state index >= 15 is 0 Å². The molecule has 0 fully saturated rings. The number of benzene rings is 3. The summed E-state index contributed by atoms with van der Waals surface area (Å²) in [6, 6.07) is 20.5. The standard InChI is InChI=1S/C23H20N2OS/c1-3-13-25-20-12-11-16(2)14-21(20)27-23(25)24-22(26)15-18-9-6-8-17-7-4-5-10-19(17)18/h3-12,14H,1,13,15H2,2H3. The molecule has 1 heterocycles. The number of rotatable bonds is 4. The van der Waals surface area contributed by atoms with Gasteiger partial charge in [0.15, 0.2) is 4.80 Å². The van der Waals surface area contributed by atoms with E-state index in [2.05, 4.69) is 54.9 Å². The fraction of sp³-hybridized carbons (Fsp3) is 0.130. The Kier molecular flexibility index (Phi) is 4.73. The fourth-order valence-corrected chi connectivity index (χ4v) is 4.48. The minimum absolute atomic E-state index is 0.132. The van der Waals surface area contributed by atoms with Crippen LogP contribution in [0.2, 0.25) is 0 Å². The first-order valence-corrected chi connectivity index (χ1v) is 9.72. The van der Waals surface area contributed by atoms with Gasteiger partial charge < -0.3 is 4.57 Å². The lowest BCUT2D eigenvalue weighted by atomic mass is 10.0. The average molecular weight is 372 g/mol. The first-order valence-electron chi connectivity index (χ1n) is 8.91. The van der Waals surface area contributed by atoms with E-state index in [1.807, 2.05) is 34.9 Å². The Labute approximate surface area is 161 Å². The van der Waals surface area contributed by atoms with Crippen molar-refractivity contribution in [1.29, 1.82) is 0 Å². The Morgan fingerprint density at radius 2 is 1.96 bits per heavy atom. The van der Waals surface area contributed by atoms with Gasteiger partial charge in [0.2, 0.25) is 0 Å². The molecule has 0 aliphatic rings. The van der Waals surface area contributed by atoms with Crippen molar-refractivity contribution < 1.29 is 4.79 Å². The van der Waals surface area contributed by atoms with Crippen LogP contribution in [0.4, 0.5) is 0 Å². The van der Waals surface area contributed by atoms with Crippen LogP contribution in [0.5, 0.6) is 0 Å². The lowest BCUT2D eigenvalue weighted by Crippen LogP contribution is -2.17. The zero-order chi connectivity index (χ0) is 18.8. The maximum absolute atomic E-state index is 12.7. The van der Waals surface area contributed by atoms with Crippen LogP contribution in [0, 0.1) is 6.92 Å². The van der Waals surface area contributed by atoms with Crippen molar-refractivity contribution in [1.82, 2.24) is 4.57 Å². The number of fused-ring (bicyclic) bond motifs is 2. The maximum Gasteiger partial charge on any atom is 0.252 e. The number of amides is 1. The van der Waals surface area contributed by atoms with Crippen molar-refractivity contribution in [3.63, 3.8) is 0 Å². The van der Waals surface area contributed by atoms with E-state index in [1.54, 1.807) is 11.3 Å². The van der Waals surface area contributed by atoms with Crippen molar-refractivity contribution in [2.24, 2.45) is 4.99 Å². The molecule has 0 saturated carbocycles. The molecular weight excluding hydrogens is 352 g/mol. The SMILES string of the molecule is C=CCn1c(=NC(=O)Cc2cccc3ccccc23)sc2cc(C)ccc21. The summed E-state index contributed by atoms with van der Waals surface area (Å²) in [5, 5.41) is 2.25. The smallest absolute Gasteiger partial charge is 0.252 e. The largest absolute Gasteiger partial charge is 0.313 e. The molecule has 3 aromatic carbocycles. The molecule has 4 aromatic rings. The third-order valence-corrected chi connectivity index (χ3v) is 5.63. The molecule has 0 saturated heterocycles. The molecule has 27 heavy (non-hydrogen) atoms. The van der Waals surface area contributed by atoms with Gasteiger partial charge in [-0.3, -0.25) is 4.79 Å². The van der Waals surface area contributed by atoms with E-state index in [0.29, 0.717) is 13.0 Å². The fourth-order valence-electron chi connectivity index (χ4n) is 3.33. The normalized spacial score (nSPS) is 12.0. The summed E-state index contributed by atoms with van der Waals surface area (Å²) in [4.78, 5) is 17.9. The Balaban J connectivity index is 1.75. The molecule has 1 amide bonds. The molecule has 0 unspecified atom stereocenters. The molecule has 0 spiro atoms. The first-order chi connectivity index (χ1) is 13.2. The molecule has 3 nitrogen and oxygen atoms in total. The Bertz CT molecular complexity index is 1220. The van der Waals surface area contributed by atoms with Crippen molar-refractivity contribution in [2.75, 3.05) is 0 Å². The summed E-state index contributed by atoms with van der Waals surface area (Å²) in [5.41, 5.74) is 3.29. The number of carbonyl (C=O) groups is 1. The van der Waals surface area contributed by atoms with Crippen molar-refractivity contribution in [3.8, 4) is 0 Å². The van der Waals surface area contributed by atoms with Gasteiger partial charge in [-0.05, 0) is 41.0 Å². The number of allylic oxidation sites excluding steroid dienone is 1. The molecule has 1 aromatic heterocycles. The number of aryl methyl sites for hydroxylation is 1. The van der Waals surface area contributed by atoms with E-state index in [-0.39, 0.29) is 5.91 Å². The molecule has 134 valence electrons. The zero-order valence-electron chi connectivity index (χ0n) is 15.2. The first kappa shape index (κ1) is 17.4. The maximum atomic E-state index is 12.7. The van der Waals surface area contributed by atoms with Gasteiger partial charge in [0.05, 0.1) is 16.6 Å². The third-order valence-electron chi connectivity index (χ3n) is 4.59. The Morgan fingerprint density at radius 1 is 1.15 bits per heavy atom. The summed E-state index contributed by atoms with van der Waals surface area (Å²) in [7, 11) is 0. The molecule has 4 rings (SSSR count). The molecule has 0 aliphatic heterocycles. The van der Waals surface area contributed by atoms with Crippen LogP contribution < -0.4 is 4.80 Å². The van der Waals surface area contributed by atoms with Crippen LogP contribution >= 0.6 is 11.3 Å². The lowest BCUT2D eigenvalue weighted by molar-refractivity contribution is -0.117. The topological polar surface area (TPSA) is 34.4 Å². The summed E-state index contributed by atoms with van der Waals surface area (Å²) >= 11 is 1.55. The van der Waals surface area contributed by atoms with Crippen LogP contribution in [-0.4, -0.2) is 10.5 Å². The van der Waals surface area contributed by atoms with Crippen LogP contribution in [0.25, 0.3) is 21.0 Å². The average Bonchev–Trinajstić information content (AvgIpc) is 2.98. The highest BCUT2D eigenvalue weighted by Crippen LogP contribution is 2.20. The molecule has 0 atom stereocenters. The summed E-state index contributed by atoms with van der Waals surface area (Å²) in [6.45, 7) is 6.54. The quantitative estimate of drug-likeness (QED) is 0.463. The summed E-state index contributed by atoms with van der Waals surface area (Å²) in [6.07, 6.45) is 2.13. The van der Waals surface area contributed by atoms with Gasteiger partial charge in [-0.15, -0.1) is 6.58 Å². The molecule has 0 bridgehead atoms. The summed E-state index contributed by atoms with van der Waals surface area (Å²) in [5.74, 6) is -0.132. The number of hydrogen-bond acceptors (Lipinski definition) is 2. The minimum atomic E-state index is -0.132. The number of nitrogens with zero attached hydrogens (tertiary/aromatic N) is 2. The molecule has 0 radical (unpaired) electrons. The second-order valence-corrected chi connectivity index (χ2v) is 7.58. The highest BCUT2D eigenvalue weighted by molar-refractivity contribution is 7.16. The van der Waals surface area contributed by atoms with Crippen LogP contribution in [0.3, 0.4) is 0 Å². The second-order valence-electron chi connectivity index (χ2n) is 6.58. The van der Waals surface area contributed by atoms with E-state index < -0.39 is 0 Å². The second kappa shape index (κ2) is 7.33. The Hall–Kier alpha value is -2.98. The number of aromatic nitrogens is 1. The molecule has 0 N–H and O–H groups in total. The summed E-state index contributed by atoms with van der Waals surface area (Å²) < 4.78 is 3.18. The van der Waals surface area contributed by atoms with Crippen molar-refractivity contribution in [2.45, 2.75) is 19.9 Å². The van der Waals surface area contributed by atoms with E-state index in [4.69, 9.17) is 0 Å². The van der Waals surface area contributed by atoms with Gasteiger partial charge in [-0.1, -0.05) is 65.9 Å². The van der Waals surface area contributed by atoms with Crippen LogP contribution in [0.15, 0.2) is 78.3 Å². The number of carbonyl (C=O) groups excluding carboxylic acids is 1. The van der Waals surface area contributed by atoms with Gasteiger partial charge >= 0.3 is 0 Å². The van der Waals surface area contributed by atoms with E-state index in [1.165, 1.54) is 5.56 Å². The number of thiazole rings is 1. The van der Waals surface area contributed by atoms with Gasteiger partial charge in [0.25, 0.3) is 5.91 Å². The van der Waals surface area contributed by atoms with Crippen LogP contribution in [-0.2, 0) is 17.8 Å². The minimum Gasteiger partial charge on any atom is -0.313 e. The number of hydrogen-bond donors (Lipinski definition) is 0. The lowest BCUT2D eigenvalue weighted by Gasteiger charge is -2.04. The van der Waals surface area contributed by atoms with Crippen molar-refractivity contribution >= 4 is 38.2 Å².